The van der Waals surface area contributed by atoms with Crippen LogP contribution in [-0.4, -0.2) is 55.0 Å². The minimum atomic E-state index is -4.02. The highest BCUT2D eigenvalue weighted by Gasteiger charge is 2.64. The first-order chi connectivity index (χ1) is 13.4. The van der Waals surface area contributed by atoms with Gasteiger partial charge in [0.2, 0.25) is 9.84 Å². The number of halogens is 2. The van der Waals surface area contributed by atoms with Gasteiger partial charge in [0.05, 0.1) is 10.6 Å². The van der Waals surface area contributed by atoms with Crippen LogP contribution in [0.15, 0.2) is 17.0 Å². The van der Waals surface area contributed by atoms with Crippen LogP contribution in [-0.2, 0) is 14.6 Å². The number of hydrogen-bond donors (Lipinski definition) is 1. The Hall–Kier alpha value is -1.81. The van der Waals surface area contributed by atoms with Crippen molar-refractivity contribution < 1.29 is 26.7 Å². The molecule has 3 aliphatic rings. The van der Waals surface area contributed by atoms with Crippen molar-refractivity contribution in [2.45, 2.75) is 61.8 Å². The summed E-state index contributed by atoms with van der Waals surface area (Å²) < 4.78 is 58.9. The van der Waals surface area contributed by atoms with E-state index in [0.29, 0.717) is 13.1 Å². The van der Waals surface area contributed by atoms with Gasteiger partial charge in [-0.2, -0.15) is 0 Å². The number of amides is 1. The Morgan fingerprint density at radius 1 is 1.31 bits per heavy atom. The smallest absolute Gasteiger partial charge is 0.411 e. The van der Waals surface area contributed by atoms with Gasteiger partial charge in [-0.25, -0.2) is 22.0 Å². The summed E-state index contributed by atoms with van der Waals surface area (Å²) in [5, 5.41) is 1.99. The Labute approximate surface area is 168 Å². The molecular weight excluding hydrogens is 404 g/mol. The second kappa shape index (κ2) is 6.60. The van der Waals surface area contributed by atoms with E-state index in [2.05, 4.69) is 10.3 Å². The Morgan fingerprint density at radius 2 is 1.97 bits per heavy atom. The Kier molecular flexibility index (Phi) is 4.65. The fourth-order valence-electron chi connectivity index (χ4n) is 4.04. The zero-order valence-corrected chi connectivity index (χ0v) is 17.4. The third-order valence-corrected chi connectivity index (χ3v) is 7.87. The number of sulfone groups is 1. The lowest BCUT2D eigenvalue weighted by atomic mass is 9.74. The molecule has 1 saturated carbocycles. The number of alkyl halides is 2. The lowest BCUT2D eigenvalue weighted by Crippen LogP contribution is -2.79. The van der Waals surface area contributed by atoms with Crippen LogP contribution in [0.1, 0.15) is 57.3 Å². The minimum absolute atomic E-state index is 0.0473. The van der Waals surface area contributed by atoms with Crippen molar-refractivity contribution in [3.63, 3.8) is 0 Å². The van der Waals surface area contributed by atoms with Crippen molar-refractivity contribution in [2.24, 2.45) is 5.41 Å². The van der Waals surface area contributed by atoms with Gasteiger partial charge >= 0.3 is 6.09 Å². The molecule has 0 aromatic carbocycles. The molecule has 3 heterocycles. The molecule has 2 saturated heterocycles. The van der Waals surface area contributed by atoms with Crippen molar-refractivity contribution in [1.82, 2.24) is 15.2 Å². The summed E-state index contributed by atoms with van der Waals surface area (Å²) in [5.74, 6) is -0.135. The number of aromatic nitrogens is 1. The maximum Gasteiger partial charge on any atom is 0.411 e. The van der Waals surface area contributed by atoms with Crippen molar-refractivity contribution in [3.8, 4) is 0 Å². The van der Waals surface area contributed by atoms with Gasteiger partial charge in [0.1, 0.15) is 11.3 Å². The van der Waals surface area contributed by atoms with Crippen molar-refractivity contribution in [3.05, 3.63) is 23.5 Å². The van der Waals surface area contributed by atoms with Gasteiger partial charge in [0.25, 0.3) is 6.43 Å². The number of ether oxygens (including phenoxy) is 1. The Morgan fingerprint density at radius 3 is 2.45 bits per heavy atom. The van der Waals surface area contributed by atoms with Gasteiger partial charge < -0.3 is 10.1 Å². The van der Waals surface area contributed by atoms with E-state index in [1.807, 2.05) is 0 Å². The monoisotopic (exact) mass is 429 g/mol. The molecule has 10 heteroatoms. The SMILES string of the molecule is CC(C)(C)OC(=O)N1CC2(CNC2)C1S(=O)(=O)c1ccc(C(F)F)nc1C1CC1. The quantitative estimate of drug-likeness (QED) is 0.792. The number of carbonyl (C=O) groups is 1. The molecule has 29 heavy (non-hydrogen) atoms. The number of nitrogens with one attached hydrogen (secondary N) is 1. The first kappa shape index (κ1) is 20.5. The second-order valence-electron chi connectivity index (χ2n) is 9.17. The van der Waals surface area contributed by atoms with E-state index in [9.17, 15) is 22.0 Å². The number of rotatable bonds is 4. The molecule has 1 unspecified atom stereocenters. The highest BCUT2D eigenvalue weighted by atomic mass is 32.2. The molecule has 1 aliphatic carbocycles. The number of carbonyl (C=O) groups excluding carboxylic acids is 1. The molecule has 7 nitrogen and oxygen atoms in total. The zero-order valence-electron chi connectivity index (χ0n) is 16.6. The third-order valence-electron chi connectivity index (χ3n) is 5.57. The normalized spacial score (nSPS) is 23.7. The summed E-state index contributed by atoms with van der Waals surface area (Å²) in [7, 11) is -4.02. The highest BCUT2D eigenvalue weighted by molar-refractivity contribution is 7.92. The fourth-order valence-corrected chi connectivity index (χ4v) is 6.44. The lowest BCUT2D eigenvalue weighted by molar-refractivity contribution is -0.0734. The van der Waals surface area contributed by atoms with Crippen molar-refractivity contribution in [2.75, 3.05) is 19.6 Å². The van der Waals surface area contributed by atoms with Crippen LogP contribution in [0.3, 0.4) is 0 Å². The van der Waals surface area contributed by atoms with Crippen LogP contribution < -0.4 is 5.32 Å². The molecule has 1 N–H and O–H groups in total. The molecule has 1 aromatic heterocycles. The van der Waals surface area contributed by atoms with Gasteiger partial charge in [-0.1, -0.05) is 0 Å². The van der Waals surface area contributed by atoms with Crippen LogP contribution in [0, 0.1) is 5.41 Å². The molecule has 0 radical (unpaired) electrons. The van der Waals surface area contributed by atoms with Crippen LogP contribution in [0.2, 0.25) is 0 Å². The summed E-state index contributed by atoms with van der Waals surface area (Å²) in [4.78, 5) is 17.8. The van der Waals surface area contributed by atoms with Gasteiger partial charge in [-0.15, -0.1) is 0 Å². The highest BCUT2D eigenvalue weighted by Crippen LogP contribution is 2.49. The number of hydrogen-bond acceptors (Lipinski definition) is 6. The molecule has 1 spiro atoms. The molecule has 2 aliphatic heterocycles. The molecule has 3 fully saturated rings. The number of nitrogens with zero attached hydrogens (tertiary/aromatic N) is 2. The van der Waals surface area contributed by atoms with Crippen LogP contribution in [0.5, 0.6) is 0 Å². The predicted octanol–water partition coefficient (Wildman–Crippen LogP) is 2.84. The largest absolute Gasteiger partial charge is 0.444 e. The van der Waals surface area contributed by atoms with Gasteiger partial charge in [-0.3, -0.25) is 9.88 Å². The molecular formula is C19H25F2N3O4S. The van der Waals surface area contributed by atoms with E-state index < -0.39 is 44.4 Å². The van der Waals surface area contributed by atoms with Crippen LogP contribution in [0.4, 0.5) is 13.6 Å². The van der Waals surface area contributed by atoms with E-state index in [1.165, 1.54) is 11.0 Å². The third kappa shape index (κ3) is 3.50. The molecule has 0 bridgehead atoms. The molecule has 1 aromatic rings. The molecule has 160 valence electrons. The Bertz CT molecular complexity index is 937. The topological polar surface area (TPSA) is 88.6 Å². The minimum Gasteiger partial charge on any atom is -0.444 e. The van der Waals surface area contributed by atoms with E-state index in [0.717, 1.165) is 18.9 Å². The van der Waals surface area contributed by atoms with E-state index in [1.54, 1.807) is 20.8 Å². The van der Waals surface area contributed by atoms with E-state index >= 15 is 0 Å². The van der Waals surface area contributed by atoms with Gasteiger partial charge in [0, 0.05) is 31.0 Å². The fraction of sp³-hybridized carbons (Fsp3) is 0.684. The lowest BCUT2D eigenvalue weighted by Gasteiger charge is -2.60. The first-order valence-electron chi connectivity index (χ1n) is 9.68. The number of likely N-dealkylation sites (tertiary alicyclic amines) is 1. The van der Waals surface area contributed by atoms with Crippen molar-refractivity contribution >= 4 is 15.9 Å². The van der Waals surface area contributed by atoms with Gasteiger partial charge in [0.15, 0.2) is 5.37 Å². The zero-order chi connectivity index (χ0) is 21.2. The maximum atomic E-state index is 13.6. The van der Waals surface area contributed by atoms with E-state index in [-0.39, 0.29) is 23.1 Å². The number of pyridine rings is 1. The summed E-state index contributed by atoms with van der Waals surface area (Å²) in [6.45, 7) is 6.36. The average molecular weight is 429 g/mol. The molecule has 4 rings (SSSR count). The van der Waals surface area contributed by atoms with E-state index in [4.69, 9.17) is 4.74 Å². The predicted molar refractivity (Wildman–Crippen MR) is 100 cm³/mol. The van der Waals surface area contributed by atoms with Crippen LogP contribution in [0.25, 0.3) is 0 Å². The molecule has 1 amide bonds. The summed E-state index contributed by atoms with van der Waals surface area (Å²) in [6.07, 6.45) is -2.02. The maximum absolute atomic E-state index is 13.6. The van der Waals surface area contributed by atoms with Crippen molar-refractivity contribution in [1.29, 1.82) is 0 Å². The second-order valence-corrected chi connectivity index (χ2v) is 11.1. The summed E-state index contributed by atoms with van der Waals surface area (Å²) in [6, 6.07) is 2.29. The standard InChI is InChI=1S/C19H25F2N3O4S/c1-18(2,3)28-17(25)24-10-19(8-22-9-19)16(24)29(26,27)13-7-6-12(15(20)21)23-14(13)11-4-5-11/h6-7,11,15-16,22H,4-5,8-10H2,1-3H3. The first-order valence-corrected chi connectivity index (χ1v) is 11.2. The Balaban J connectivity index is 1.72. The molecule has 1 atom stereocenters. The van der Waals surface area contributed by atoms with Crippen LogP contribution >= 0.6 is 0 Å². The average Bonchev–Trinajstić information content (AvgIpc) is 3.34. The summed E-state index contributed by atoms with van der Waals surface area (Å²) >= 11 is 0. The van der Waals surface area contributed by atoms with Gasteiger partial charge in [-0.05, 0) is 45.7 Å². The summed E-state index contributed by atoms with van der Waals surface area (Å²) in [5.41, 5.74) is -1.58.